The van der Waals surface area contributed by atoms with Crippen molar-refractivity contribution in [2.75, 3.05) is 26.4 Å². The van der Waals surface area contributed by atoms with Crippen LogP contribution in [-0.2, 0) is 42.6 Å². The van der Waals surface area contributed by atoms with E-state index < -0.39 is 162 Å². The molecule has 22 nitrogen and oxygen atoms in total. The fourth-order valence-corrected chi connectivity index (χ4v) is 6.27. The molecular formula is C27H46O22. The summed E-state index contributed by atoms with van der Waals surface area (Å²) in [6.45, 7) is -1.32. The minimum atomic E-state index is -1.91. The molecule has 5 aliphatic heterocycles. The maximum absolute atomic E-state index is 11.2. The average Bonchev–Trinajstić information content (AvgIpc) is 3.64. The Bertz CT molecular complexity index is 1040. The third-order valence-electron chi connectivity index (χ3n) is 9.21. The second-order valence-corrected chi connectivity index (χ2v) is 12.5. The van der Waals surface area contributed by atoms with Gasteiger partial charge in [-0.25, -0.2) is 0 Å². The number of hydrogen-bond donors (Lipinski definition) is 13. The van der Waals surface area contributed by atoms with Crippen LogP contribution in [0.1, 0.15) is 6.92 Å². The summed E-state index contributed by atoms with van der Waals surface area (Å²) in [6.07, 6.45) is -34.6. The highest BCUT2D eigenvalue weighted by Crippen LogP contribution is 2.35. The van der Waals surface area contributed by atoms with Gasteiger partial charge in [-0.15, -0.1) is 0 Å². The first kappa shape index (κ1) is 39.3. The van der Waals surface area contributed by atoms with Crippen LogP contribution in [-0.4, -0.2) is 228 Å². The molecule has 5 heterocycles. The fraction of sp³-hybridized carbons (Fsp3) is 1.00. The predicted octanol–water partition coefficient (Wildman–Crippen LogP) is -8.98. The van der Waals surface area contributed by atoms with Crippen LogP contribution >= 0.6 is 0 Å². The second kappa shape index (κ2) is 16.4. The first-order chi connectivity index (χ1) is 23.2. The molecule has 22 heteroatoms. The molecule has 0 aromatic rings. The molecule has 0 radical (unpaired) electrons. The lowest BCUT2D eigenvalue weighted by Crippen LogP contribution is -2.64. The van der Waals surface area contributed by atoms with E-state index in [-0.39, 0.29) is 0 Å². The number of hydrogen-bond acceptors (Lipinski definition) is 22. The monoisotopic (exact) mass is 722 g/mol. The first-order valence-electron chi connectivity index (χ1n) is 15.7. The Morgan fingerprint density at radius 2 is 0.857 bits per heavy atom. The van der Waals surface area contributed by atoms with Crippen LogP contribution in [0.5, 0.6) is 0 Å². The zero-order valence-electron chi connectivity index (χ0n) is 26.0. The summed E-state index contributed by atoms with van der Waals surface area (Å²) in [5, 5.41) is 133. The molecule has 286 valence electrons. The molecule has 5 fully saturated rings. The van der Waals surface area contributed by atoms with E-state index in [4.69, 9.17) is 42.6 Å². The molecule has 22 atom stereocenters. The molecule has 0 spiro atoms. The van der Waals surface area contributed by atoms with Gasteiger partial charge in [-0.3, -0.25) is 0 Å². The van der Waals surface area contributed by atoms with Crippen molar-refractivity contribution in [2.45, 2.75) is 142 Å². The van der Waals surface area contributed by atoms with Gasteiger partial charge in [0.15, 0.2) is 31.5 Å². The van der Waals surface area contributed by atoms with E-state index in [0.717, 1.165) is 0 Å². The summed E-state index contributed by atoms with van der Waals surface area (Å²) in [6, 6.07) is 0. The zero-order chi connectivity index (χ0) is 35.9. The standard InChI is InChI=1S/C27H46O22/c1-6-20(15(35)16(36)23(40)42-6)47-26-19(39)21(13(33)8(3-29)44-26)48-27-22(14(34)9(4-30)45-27)49-25-18(38)12(32)10(46-25)5-41-24-17(37)11(31)7(2-28)43-24/h6-40H,2-5H2,1H3/t6-,7-,8+,9-,10-,11-,12-,13-,14-,15-,16+,17+,18+,19+,20-,21-,22+,23+,24?,25-,26-,27-/m0/s1. The fourth-order valence-electron chi connectivity index (χ4n) is 6.27. The van der Waals surface area contributed by atoms with E-state index in [0.29, 0.717) is 0 Å². The molecule has 1 unspecified atom stereocenters. The van der Waals surface area contributed by atoms with E-state index in [1.807, 2.05) is 0 Å². The summed E-state index contributed by atoms with van der Waals surface area (Å²) >= 11 is 0. The van der Waals surface area contributed by atoms with Crippen molar-refractivity contribution in [1.82, 2.24) is 0 Å². The molecule has 0 bridgehead atoms. The van der Waals surface area contributed by atoms with Gasteiger partial charge in [-0.2, -0.15) is 0 Å². The highest BCUT2D eigenvalue weighted by Gasteiger charge is 2.56. The second-order valence-electron chi connectivity index (χ2n) is 12.5. The first-order valence-corrected chi connectivity index (χ1v) is 15.7. The van der Waals surface area contributed by atoms with Crippen LogP contribution in [0, 0.1) is 0 Å². The van der Waals surface area contributed by atoms with Crippen molar-refractivity contribution >= 4 is 0 Å². The van der Waals surface area contributed by atoms with Crippen LogP contribution < -0.4 is 0 Å². The average molecular weight is 723 g/mol. The van der Waals surface area contributed by atoms with Crippen molar-refractivity contribution < 1.29 is 109 Å². The molecule has 13 N–H and O–H groups in total. The Balaban J connectivity index is 1.25. The van der Waals surface area contributed by atoms with Crippen molar-refractivity contribution in [3.05, 3.63) is 0 Å². The van der Waals surface area contributed by atoms with Gasteiger partial charge in [0.05, 0.1) is 32.5 Å². The lowest BCUT2D eigenvalue weighted by atomic mass is 9.97. The highest BCUT2D eigenvalue weighted by atomic mass is 16.8. The highest BCUT2D eigenvalue weighted by molar-refractivity contribution is 4.97. The normalized spacial score (nSPS) is 53.8. The molecular weight excluding hydrogens is 676 g/mol. The molecule has 49 heavy (non-hydrogen) atoms. The van der Waals surface area contributed by atoms with E-state index in [1.54, 1.807) is 0 Å². The van der Waals surface area contributed by atoms with Gasteiger partial charge in [0.2, 0.25) is 0 Å². The van der Waals surface area contributed by atoms with Crippen molar-refractivity contribution in [1.29, 1.82) is 0 Å². The van der Waals surface area contributed by atoms with Gasteiger partial charge in [0.25, 0.3) is 0 Å². The van der Waals surface area contributed by atoms with E-state index in [2.05, 4.69) is 0 Å². The lowest BCUT2D eigenvalue weighted by Gasteiger charge is -2.46. The van der Waals surface area contributed by atoms with Crippen LogP contribution in [0.15, 0.2) is 0 Å². The quantitative estimate of drug-likeness (QED) is 0.0889. The van der Waals surface area contributed by atoms with Crippen molar-refractivity contribution in [2.24, 2.45) is 0 Å². The Labute approximate surface area is 278 Å². The third-order valence-corrected chi connectivity index (χ3v) is 9.21. The summed E-state index contributed by atoms with van der Waals surface area (Å²) in [7, 11) is 0. The molecule has 0 saturated carbocycles. The summed E-state index contributed by atoms with van der Waals surface area (Å²) in [5.74, 6) is 0. The summed E-state index contributed by atoms with van der Waals surface area (Å²) < 4.78 is 49.5. The Hall–Kier alpha value is -0.880. The van der Waals surface area contributed by atoms with E-state index in [9.17, 15) is 66.4 Å². The number of aliphatic hydroxyl groups excluding tert-OH is 13. The van der Waals surface area contributed by atoms with Crippen molar-refractivity contribution in [3.8, 4) is 0 Å². The Morgan fingerprint density at radius 1 is 0.408 bits per heavy atom. The minimum absolute atomic E-state index is 0.507. The number of rotatable bonds is 12. The maximum atomic E-state index is 11.2. The van der Waals surface area contributed by atoms with E-state index in [1.165, 1.54) is 6.92 Å². The Kier molecular flexibility index (Phi) is 13.2. The van der Waals surface area contributed by atoms with Crippen LogP contribution in [0.25, 0.3) is 0 Å². The predicted molar refractivity (Wildman–Crippen MR) is 147 cm³/mol. The Morgan fingerprint density at radius 3 is 1.47 bits per heavy atom. The van der Waals surface area contributed by atoms with Gasteiger partial charge in [0, 0.05) is 0 Å². The third kappa shape index (κ3) is 7.91. The smallest absolute Gasteiger partial charge is 0.187 e. The molecule has 5 saturated heterocycles. The lowest BCUT2D eigenvalue weighted by molar-refractivity contribution is -0.365. The van der Waals surface area contributed by atoms with E-state index >= 15 is 0 Å². The van der Waals surface area contributed by atoms with Gasteiger partial charge in [0.1, 0.15) is 97.7 Å². The largest absolute Gasteiger partial charge is 0.394 e. The summed E-state index contributed by atoms with van der Waals surface area (Å²) in [4.78, 5) is 0. The number of aliphatic hydroxyl groups is 13. The van der Waals surface area contributed by atoms with Crippen molar-refractivity contribution in [3.63, 3.8) is 0 Å². The van der Waals surface area contributed by atoms with Gasteiger partial charge < -0.3 is 109 Å². The van der Waals surface area contributed by atoms with Crippen LogP contribution in [0.2, 0.25) is 0 Å². The van der Waals surface area contributed by atoms with Crippen LogP contribution in [0.4, 0.5) is 0 Å². The minimum Gasteiger partial charge on any atom is -0.394 e. The maximum Gasteiger partial charge on any atom is 0.187 e. The molecule has 5 aliphatic rings. The van der Waals surface area contributed by atoms with Gasteiger partial charge in [-0.1, -0.05) is 0 Å². The SMILES string of the molecule is C[C@@H]1O[C@@H](O)[C@H](O)[C@H](O)[C@H]1O[C@@H]1O[C@H](CO)[C@H](O)[C@H](O[C@@H]2O[C@@H](CO)[C@H](O)[C@H]2O[C@@H]2O[C@@H](COC3O[C@@H](CO)[C@H](O)[C@H]3O)[C@H](O)[C@H]2O)[C@H]1O. The topological polar surface area (TPSA) is 346 Å². The van der Waals surface area contributed by atoms with Gasteiger partial charge >= 0.3 is 0 Å². The zero-order valence-corrected chi connectivity index (χ0v) is 26.0. The molecule has 0 aromatic carbocycles. The molecule has 0 amide bonds. The molecule has 0 aliphatic carbocycles. The number of ether oxygens (including phenoxy) is 9. The molecule has 0 aromatic heterocycles. The van der Waals surface area contributed by atoms with Crippen LogP contribution in [0.3, 0.4) is 0 Å². The molecule has 5 rings (SSSR count). The summed E-state index contributed by atoms with van der Waals surface area (Å²) in [5.41, 5.74) is 0. The van der Waals surface area contributed by atoms with Gasteiger partial charge in [-0.05, 0) is 6.92 Å².